The number of ether oxygens (including phenoxy) is 3. The number of nitrogens with zero attached hydrogens (tertiary/aromatic N) is 2. The van der Waals surface area contributed by atoms with Gasteiger partial charge in [-0.2, -0.15) is 4.98 Å². The summed E-state index contributed by atoms with van der Waals surface area (Å²) in [5, 5.41) is 0. The average Bonchev–Trinajstić information content (AvgIpc) is 2.47. The maximum absolute atomic E-state index is 11.8. The lowest BCUT2D eigenvalue weighted by Gasteiger charge is -2.34. The number of carbonyl (C=O) groups is 1. The lowest BCUT2D eigenvalue weighted by atomic mass is 10.2. The van der Waals surface area contributed by atoms with Crippen LogP contribution in [-0.4, -0.2) is 50.5 Å². The van der Waals surface area contributed by atoms with Gasteiger partial charge in [0.05, 0.1) is 26.9 Å². The molecule has 2 heterocycles. The van der Waals surface area contributed by atoms with Crippen molar-refractivity contribution in [3.8, 4) is 5.88 Å². The molecule has 2 rings (SSSR count). The Morgan fingerprint density at radius 2 is 2.42 bits per heavy atom. The van der Waals surface area contributed by atoms with Crippen molar-refractivity contribution in [3.63, 3.8) is 0 Å². The van der Waals surface area contributed by atoms with E-state index in [1.54, 1.807) is 6.07 Å². The second kappa shape index (κ2) is 6.38. The van der Waals surface area contributed by atoms with Gasteiger partial charge >= 0.3 is 5.97 Å². The summed E-state index contributed by atoms with van der Waals surface area (Å²) in [7, 11) is 1.37. The van der Waals surface area contributed by atoms with Crippen LogP contribution in [0, 0.1) is 0 Å². The molecule has 104 valence electrons. The molecule has 0 N–H and O–H groups in total. The first-order valence-corrected chi connectivity index (χ1v) is 6.28. The predicted octanol–water partition coefficient (Wildman–Crippen LogP) is 0.858. The van der Waals surface area contributed by atoms with Gasteiger partial charge in [0.25, 0.3) is 0 Å². The van der Waals surface area contributed by atoms with E-state index in [4.69, 9.17) is 14.2 Å². The zero-order chi connectivity index (χ0) is 13.7. The third kappa shape index (κ3) is 3.14. The van der Waals surface area contributed by atoms with E-state index in [1.165, 1.54) is 7.11 Å². The van der Waals surface area contributed by atoms with Crippen molar-refractivity contribution >= 4 is 11.8 Å². The van der Waals surface area contributed by atoms with E-state index < -0.39 is 6.04 Å². The van der Waals surface area contributed by atoms with E-state index >= 15 is 0 Å². The van der Waals surface area contributed by atoms with Crippen LogP contribution in [0.5, 0.6) is 5.88 Å². The molecule has 1 aliphatic rings. The molecule has 1 saturated heterocycles. The third-order valence-electron chi connectivity index (χ3n) is 2.90. The number of methoxy groups -OCH3 is 1. The van der Waals surface area contributed by atoms with E-state index in [0.717, 1.165) is 0 Å². The van der Waals surface area contributed by atoms with Gasteiger partial charge in [0.1, 0.15) is 5.82 Å². The number of hydrogen-bond acceptors (Lipinski definition) is 6. The summed E-state index contributed by atoms with van der Waals surface area (Å²) in [6, 6.07) is 5.05. The highest BCUT2D eigenvalue weighted by atomic mass is 16.5. The quantitative estimate of drug-likeness (QED) is 0.753. The fourth-order valence-electron chi connectivity index (χ4n) is 2.00. The number of morpholine rings is 1. The van der Waals surface area contributed by atoms with Gasteiger partial charge in [-0.15, -0.1) is 0 Å². The van der Waals surface area contributed by atoms with Crippen molar-refractivity contribution in [1.82, 2.24) is 4.98 Å². The minimum atomic E-state index is -0.455. The molecule has 6 heteroatoms. The van der Waals surface area contributed by atoms with Crippen molar-refractivity contribution in [2.24, 2.45) is 0 Å². The van der Waals surface area contributed by atoms with Gasteiger partial charge in [0, 0.05) is 12.6 Å². The lowest BCUT2D eigenvalue weighted by molar-refractivity contribution is -0.144. The van der Waals surface area contributed by atoms with Crippen LogP contribution >= 0.6 is 0 Å². The Labute approximate surface area is 112 Å². The van der Waals surface area contributed by atoms with E-state index in [9.17, 15) is 4.79 Å². The van der Waals surface area contributed by atoms with Crippen LogP contribution < -0.4 is 9.64 Å². The highest BCUT2D eigenvalue weighted by Crippen LogP contribution is 2.21. The minimum Gasteiger partial charge on any atom is -0.478 e. The van der Waals surface area contributed by atoms with Gasteiger partial charge < -0.3 is 19.1 Å². The molecule has 1 fully saturated rings. The third-order valence-corrected chi connectivity index (χ3v) is 2.90. The minimum absolute atomic E-state index is 0.313. The summed E-state index contributed by atoms with van der Waals surface area (Å²) in [6.45, 7) is 3.93. The van der Waals surface area contributed by atoms with Crippen LogP contribution in [0.2, 0.25) is 0 Å². The Morgan fingerprint density at radius 3 is 3.16 bits per heavy atom. The Bertz CT molecular complexity index is 438. The molecule has 1 unspecified atom stereocenters. The van der Waals surface area contributed by atoms with Crippen molar-refractivity contribution in [2.75, 3.05) is 38.4 Å². The van der Waals surface area contributed by atoms with Crippen molar-refractivity contribution < 1.29 is 19.0 Å². The molecule has 0 saturated carbocycles. The fraction of sp³-hybridized carbons (Fsp3) is 0.538. The van der Waals surface area contributed by atoms with Crippen LogP contribution in [0.3, 0.4) is 0 Å². The SMILES string of the molecule is CCOc1cccc(N2CCOCC2C(=O)OC)n1. The highest BCUT2D eigenvalue weighted by Gasteiger charge is 2.31. The Hall–Kier alpha value is -1.82. The van der Waals surface area contributed by atoms with Crippen LogP contribution in [0.1, 0.15) is 6.92 Å². The number of anilines is 1. The van der Waals surface area contributed by atoms with Crippen molar-refractivity contribution in [3.05, 3.63) is 18.2 Å². The first kappa shape index (κ1) is 13.6. The second-order valence-corrected chi connectivity index (χ2v) is 4.07. The zero-order valence-corrected chi connectivity index (χ0v) is 11.2. The molecule has 1 aromatic rings. The van der Waals surface area contributed by atoms with Gasteiger partial charge in [-0.05, 0) is 13.0 Å². The van der Waals surface area contributed by atoms with Crippen LogP contribution in [0.25, 0.3) is 0 Å². The monoisotopic (exact) mass is 266 g/mol. The Morgan fingerprint density at radius 1 is 1.58 bits per heavy atom. The van der Waals surface area contributed by atoms with Gasteiger partial charge in [0.15, 0.2) is 6.04 Å². The molecule has 1 aromatic heterocycles. The molecular formula is C13H18N2O4. The van der Waals surface area contributed by atoms with Gasteiger partial charge in [-0.3, -0.25) is 0 Å². The Kier molecular flexibility index (Phi) is 4.57. The van der Waals surface area contributed by atoms with E-state index in [-0.39, 0.29) is 5.97 Å². The number of rotatable bonds is 4. The lowest BCUT2D eigenvalue weighted by Crippen LogP contribution is -2.51. The first-order valence-electron chi connectivity index (χ1n) is 6.28. The molecule has 0 aromatic carbocycles. The molecule has 0 radical (unpaired) electrons. The van der Waals surface area contributed by atoms with Crippen LogP contribution in [-0.2, 0) is 14.3 Å². The molecule has 0 aliphatic carbocycles. The van der Waals surface area contributed by atoms with Gasteiger partial charge in [0.2, 0.25) is 5.88 Å². The summed E-state index contributed by atoms with van der Waals surface area (Å²) >= 11 is 0. The van der Waals surface area contributed by atoms with Crippen LogP contribution in [0.4, 0.5) is 5.82 Å². The summed E-state index contributed by atoms with van der Waals surface area (Å²) in [4.78, 5) is 18.0. The topological polar surface area (TPSA) is 60.9 Å². The average molecular weight is 266 g/mol. The smallest absolute Gasteiger partial charge is 0.330 e. The summed E-state index contributed by atoms with van der Waals surface area (Å²) in [5.41, 5.74) is 0. The maximum Gasteiger partial charge on any atom is 0.330 e. The molecular weight excluding hydrogens is 248 g/mol. The highest BCUT2D eigenvalue weighted by molar-refractivity contribution is 5.80. The molecule has 0 bridgehead atoms. The van der Waals surface area contributed by atoms with Crippen molar-refractivity contribution in [1.29, 1.82) is 0 Å². The molecule has 6 nitrogen and oxygen atoms in total. The Balaban J connectivity index is 2.21. The van der Waals surface area contributed by atoms with Gasteiger partial charge in [-0.25, -0.2) is 4.79 Å². The molecule has 1 atom stereocenters. The van der Waals surface area contributed by atoms with E-state index in [2.05, 4.69) is 4.98 Å². The van der Waals surface area contributed by atoms with Gasteiger partial charge in [-0.1, -0.05) is 6.07 Å². The van der Waals surface area contributed by atoms with E-state index in [0.29, 0.717) is 38.1 Å². The number of esters is 1. The van der Waals surface area contributed by atoms with E-state index in [1.807, 2.05) is 24.0 Å². The molecule has 0 spiro atoms. The normalized spacial score (nSPS) is 19.1. The van der Waals surface area contributed by atoms with Crippen molar-refractivity contribution in [2.45, 2.75) is 13.0 Å². The summed E-state index contributed by atoms with van der Waals surface area (Å²) in [6.07, 6.45) is 0. The number of pyridine rings is 1. The summed E-state index contributed by atoms with van der Waals surface area (Å²) < 4.78 is 15.5. The zero-order valence-electron chi connectivity index (χ0n) is 11.2. The summed E-state index contributed by atoms with van der Waals surface area (Å²) in [5.74, 6) is 0.933. The fourth-order valence-corrected chi connectivity index (χ4v) is 2.00. The number of hydrogen-bond donors (Lipinski definition) is 0. The second-order valence-electron chi connectivity index (χ2n) is 4.07. The predicted molar refractivity (Wildman–Crippen MR) is 69.4 cm³/mol. The molecule has 0 amide bonds. The first-order chi connectivity index (χ1) is 9.26. The maximum atomic E-state index is 11.8. The number of aromatic nitrogens is 1. The molecule has 1 aliphatic heterocycles. The van der Waals surface area contributed by atoms with Crippen LogP contribution in [0.15, 0.2) is 18.2 Å². The number of carbonyl (C=O) groups excluding carboxylic acids is 1. The standard InChI is InChI=1S/C13H18N2O4/c1-3-19-12-6-4-5-11(14-12)15-7-8-18-9-10(15)13(16)17-2/h4-6,10H,3,7-9H2,1-2H3. The molecule has 19 heavy (non-hydrogen) atoms. The largest absolute Gasteiger partial charge is 0.478 e.